The zero-order chi connectivity index (χ0) is 97.8. The van der Waals surface area contributed by atoms with Gasteiger partial charge in [-0.1, -0.05) is 132 Å². The molecule has 6 aliphatic heterocycles. The van der Waals surface area contributed by atoms with Crippen LogP contribution >= 0.6 is 0 Å². The maximum atomic E-state index is 14.3. The van der Waals surface area contributed by atoms with Gasteiger partial charge in [0.25, 0.3) is 5.91 Å². The van der Waals surface area contributed by atoms with Crippen LogP contribution in [0.1, 0.15) is 190 Å². The van der Waals surface area contributed by atoms with E-state index in [1.807, 2.05) is 121 Å². The van der Waals surface area contributed by atoms with E-state index < -0.39 is 60.1 Å². The molecule has 0 radical (unpaired) electrons. The Bertz CT molecular complexity index is 6550. The van der Waals surface area contributed by atoms with Crippen molar-refractivity contribution in [2.75, 3.05) is 69.0 Å². The molecule has 0 saturated carbocycles. The van der Waals surface area contributed by atoms with Gasteiger partial charge >= 0.3 is 36.4 Å². The van der Waals surface area contributed by atoms with E-state index in [0.717, 1.165) is 155 Å². The third-order valence-corrected chi connectivity index (χ3v) is 26.6. The van der Waals surface area contributed by atoms with Gasteiger partial charge in [-0.25, -0.2) is 48.7 Å². The van der Waals surface area contributed by atoms with Gasteiger partial charge in [0.15, 0.2) is 6.04 Å². The number of hydrogen-bond donors (Lipinski definition) is 9. The highest BCUT2D eigenvalue weighted by atomic mass is 16.6. The van der Waals surface area contributed by atoms with Crippen molar-refractivity contribution in [3.05, 3.63) is 204 Å². The number of likely N-dealkylation sites (tertiary alicyclic amines) is 4. The number of carbonyl (C=O) groups is 9. The Balaban J connectivity index is 0.000000183. The topological polar surface area (TPSA) is 433 Å². The average molecular weight is 1900 g/mol. The molecule has 0 aliphatic carbocycles. The van der Waals surface area contributed by atoms with Gasteiger partial charge in [-0.2, -0.15) is 0 Å². The summed E-state index contributed by atoms with van der Waals surface area (Å²) in [6.45, 7) is 20.1. The number of nitrogens with one attached hydrogen (secondary N) is 8. The van der Waals surface area contributed by atoms with Crippen LogP contribution in [-0.2, 0) is 65.5 Å². The predicted octanol–water partition coefficient (Wildman–Crippen LogP) is 17.6. The lowest BCUT2D eigenvalue weighted by atomic mass is 9.92. The van der Waals surface area contributed by atoms with Crippen LogP contribution < -0.4 is 30.7 Å². The molecule has 8 amide bonds. The largest absolute Gasteiger partial charge is 0.488 e. The number of imidazole rings is 4. The normalized spacial score (nSPS) is 19.3. The summed E-state index contributed by atoms with van der Waals surface area (Å²) in [7, 11) is 8.38. The number of hydrogen-bond acceptors (Lipinski definition) is 22. The van der Waals surface area contributed by atoms with Crippen molar-refractivity contribution >= 4 is 97.8 Å². The monoisotopic (exact) mass is 1900 g/mol. The molecule has 18 rings (SSSR count). The fourth-order valence-electron chi connectivity index (χ4n) is 19.8. The number of aromatic nitrogens is 8. The van der Waals surface area contributed by atoms with Gasteiger partial charge in [-0.3, -0.25) is 19.3 Å². The molecule has 12 atom stereocenters. The standard InChI is InChI=1S/C49H54N8O8.C44H53N7O7.C10H11NO4.CH4/c1-26(2)41(54-48(60)63-5)47(59)57-27(3)12-17-38(57)45-51-36-16-14-30-20-35-33-15-13-31(19-32(33)25-65-40(35)21-34(30)43(36)53-45)37-22-50-44(52-37)39-18-28(24-62-4)23-56(39)46(58)42(55-49(61)64-6)29-10-8-7-9-11-29;1-23(2)37(49-42(53)56-8)41(52)51-24(3)9-14-34(51)40-46-32-13-11-26-17-31-29-12-10-27(16-28(29)22-57-36(31)18-30(26)38(32)48-40)33-19-45-39(47-33)35-15-25(21-55-7)20-50(35)43(54)58-44(4,5)6;1-15-10(14)11-8(9(12)13)7-5-3-2-4-6-7;/h7-11,13-16,19-22,26-28,38-39,41-42H,12,17-18,23-25H2,1-6H3,(H,50,52)(H,51,53)(H,54,60)(H,55,61);10-13,16-19,23-25,34-35,37H,9,14-15,20-22H2,1-8H3,(H,45,47)(H,46,48)(H,49,53);2-6,8H,1H3,(H,11,14)(H,12,13);1H4/t27-,28-,38-,39?,41-,42+;24-,25-,34-,35?,37-;;/m00../s1. The maximum Gasteiger partial charge on any atom is 0.410 e. The lowest BCUT2D eigenvalue weighted by molar-refractivity contribution is -0.140. The number of methoxy groups -OCH3 is 6. The summed E-state index contributed by atoms with van der Waals surface area (Å²) in [6.07, 6.45) is 5.02. The highest BCUT2D eigenvalue weighted by Gasteiger charge is 2.47. The molecule has 0 spiro atoms. The summed E-state index contributed by atoms with van der Waals surface area (Å²) in [6, 6.07) is 42.1. The Labute approximate surface area is 805 Å². The fourth-order valence-corrected chi connectivity index (χ4v) is 19.8. The van der Waals surface area contributed by atoms with Gasteiger partial charge in [0.05, 0.1) is 112 Å². The van der Waals surface area contributed by atoms with Crippen molar-refractivity contribution in [3.63, 3.8) is 0 Å². The third-order valence-electron chi connectivity index (χ3n) is 26.6. The molecule has 10 heterocycles. The van der Waals surface area contributed by atoms with E-state index in [-0.39, 0.29) is 91.2 Å². The van der Waals surface area contributed by atoms with Gasteiger partial charge in [0.1, 0.15) is 71.7 Å². The number of carboxylic acid groups (broad SMARTS) is 1. The second-order valence-corrected chi connectivity index (χ2v) is 37.6. The summed E-state index contributed by atoms with van der Waals surface area (Å²) in [5.41, 5.74) is 13.7. The molecular formula is C104H122N16O19. The molecule has 732 valence electrons. The average Bonchev–Trinajstić information content (AvgIpc) is 1.70. The molecule has 35 nitrogen and oxygen atoms in total. The minimum Gasteiger partial charge on any atom is -0.488 e. The molecule has 139 heavy (non-hydrogen) atoms. The number of amides is 8. The van der Waals surface area contributed by atoms with Crippen LogP contribution in [0.25, 0.3) is 88.4 Å². The van der Waals surface area contributed by atoms with Crippen LogP contribution in [-0.4, -0.2) is 217 Å². The van der Waals surface area contributed by atoms with E-state index in [0.29, 0.717) is 68.7 Å². The summed E-state index contributed by atoms with van der Waals surface area (Å²) >= 11 is 0. The number of H-pyrrole nitrogens is 4. The molecule has 9 N–H and O–H groups in total. The van der Waals surface area contributed by atoms with E-state index in [4.69, 9.17) is 62.9 Å². The molecule has 4 fully saturated rings. The Morgan fingerprint density at radius 2 is 0.878 bits per heavy atom. The quantitative estimate of drug-likeness (QED) is 0.0285. The van der Waals surface area contributed by atoms with Gasteiger partial charge in [0, 0.05) is 73.1 Å². The van der Waals surface area contributed by atoms with Crippen LogP contribution in [0.4, 0.5) is 24.0 Å². The number of fused-ring (bicyclic) bond motifs is 12. The molecule has 8 aromatic carbocycles. The summed E-state index contributed by atoms with van der Waals surface area (Å²) in [5.74, 6) is 2.60. The number of benzene rings is 8. The first kappa shape index (κ1) is 98.9. The molecule has 35 heteroatoms. The van der Waals surface area contributed by atoms with Crippen molar-refractivity contribution in [2.45, 2.75) is 187 Å². The first-order valence-corrected chi connectivity index (χ1v) is 46.5. The number of aliphatic carboxylic acids is 1. The molecule has 3 unspecified atom stereocenters. The summed E-state index contributed by atoms with van der Waals surface area (Å²) in [5, 5.41) is 23.3. The van der Waals surface area contributed by atoms with Crippen LogP contribution in [0.2, 0.25) is 0 Å². The molecule has 4 saturated heterocycles. The second kappa shape index (κ2) is 42.2. The predicted molar refractivity (Wildman–Crippen MR) is 521 cm³/mol. The SMILES string of the molecule is C.COC(=O)NC(C(=O)O)c1ccccc1.COC[C@H]1CC(c2ncc(-c3ccc4c(c3)COc3cc5c(ccc6[nH]c([C@@H]7CC[C@H](C)N7C(=O)[C@@H](NC(=O)OC)C(C)C)nc65)cc3-4)[nH]2)N(C(=O)OC(C)(C)C)C1.COC[C@H]1CC(c2ncc(-c3ccc4c(c3)COc3cc5c(ccc6[nH]c([C@@H]7CC[C@H](C)N7C(=O)[C@@H](NC(=O)OC)C(C)C)nc65)cc3-4)[nH]2)N(C(=O)[C@H](NC(=O)OC)c2ccccc2)C1. The zero-order valence-electron chi connectivity index (χ0n) is 80.0. The second-order valence-electron chi connectivity index (χ2n) is 37.6. The van der Waals surface area contributed by atoms with Crippen LogP contribution in [0, 0.1) is 23.7 Å². The zero-order valence-corrected chi connectivity index (χ0v) is 80.0. The van der Waals surface area contributed by atoms with Gasteiger partial charge in [-0.15, -0.1) is 0 Å². The number of carbonyl (C=O) groups excluding carboxylic acids is 8. The van der Waals surface area contributed by atoms with E-state index in [9.17, 15) is 43.2 Å². The third kappa shape index (κ3) is 21.0. The first-order chi connectivity index (χ1) is 66.3. The fraction of sp³-hybridized carbons (Fsp3) is 0.413. The Hall–Kier alpha value is -14.6. The maximum absolute atomic E-state index is 14.3. The van der Waals surface area contributed by atoms with Gasteiger partial charge < -0.3 is 104 Å². The van der Waals surface area contributed by atoms with E-state index in [2.05, 4.69) is 119 Å². The van der Waals surface area contributed by atoms with Gasteiger partial charge in [-0.05, 0) is 189 Å². The Kier molecular flexibility index (Phi) is 30.0. The molecule has 4 aromatic heterocycles. The molecule has 6 aliphatic rings. The number of aromatic amines is 4. The number of rotatable bonds is 22. The van der Waals surface area contributed by atoms with Gasteiger partial charge in [0.2, 0.25) is 11.8 Å². The first-order valence-electron chi connectivity index (χ1n) is 46.5. The van der Waals surface area contributed by atoms with Crippen molar-refractivity contribution in [1.82, 2.24) is 80.7 Å². The van der Waals surface area contributed by atoms with Crippen LogP contribution in [0.3, 0.4) is 0 Å². The lowest BCUT2D eigenvalue weighted by Crippen LogP contribution is -2.52. The molecule has 0 bridgehead atoms. The number of alkyl carbamates (subject to hydrolysis) is 4. The smallest absolute Gasteiger partial charge is 0.410 e. The number of ether oxygens (including phenoxy) is 9. The molecular weight excluding hydrogens is 1780 g/mol. The number of nitrogens with zero attached hydrogens (tertiary/aromatic N) is 8. The molecule has 12 aromatic rings. The highest BCUT2D eigenvalue weighted by molar-refractivity contribution is 6.09. The van der Waals surface area contributed by atoms with Crippen molar-refractivity contribution in [3.8, 4) is 56.3 Å². The van der Waals surface area contributed by atoms with Crippen LogP contribution in [0.15, 0.2) is 158 Å². The number of carboxylic acids is 1. The minimum absolute atomic E-state index is 0. The van der Waals surface area contributed by atoms with Crippen molar-refractivity contribution in [1.29, 1.82) is 0 Å². The highest BCUT2D eigenvalue weighted by Crippen LogP contribution is 2.48. The van der Waals surface area contributed by atoms with Crippen LogP contribution in [0.5, 0.6) is 11.5 Å². The lowest BCUT2D eigenvalue weighted by Gasteiger charge is -2.32. The minimum atomic E-state index is -1.13. The van der Waals surface area contributed by atoms with E-state index in [1.165, 1.54) is 28.4 Å². The summed E-state index contributed by atoms with van der Waals surface area (Å²) in [4.78, 5) is 155. The van der Waals surface area contributed by atoms with E-state index in [1.54, 1.807) is 60.5 Å². The Morgan fingerprint density at radius 1 is 0.468 bits per heavy atom. The Morgan fingerprint density at radius 3 is 1.29 bits per heavy atom. The van der Waals surface area contributed by atoms with Crippen molar-refractivity contribution < 1.29 is 90.9 Å². The van der Waals surface area contributed by atoms with Crippen molar-refractivity contribution in [2.24, 2.45) is 23.7 Å². The van der Waals surface area contributed by atoms with E-state index >= 15 is 0 Å². The summed E-state index contributed by atoms with van der Waals surface area (Å²) < 4.78 is 48.5.